The number of rotatable bonds is 8. The van der Waals surface area contributed by atoms with Crippen LogP contribution in [0.15, 0.2) is 40.4 Å². The van der Waals surface area contributed by atoms with Gasteiger partial charge in [-0.1, -0.05) is 24.8 Å². The quantitative estimate of drug-likeness (QED) is 0.383. The van der Waals surface area contributed by atoms with E-state index in [4.69, 9.17) is 4.74 Å². The van der Waals surface area contributed by atoms with Gasteiger partial charge in [0.2, 0.25) is 15.2 Å². The van der Waals surface area contributed by atoms with Crippen molar-refractivity contribution < 1.29 is 17.9 Å². The lowest BCUT2D eigenvalue weighted by atomic mass is 10.2. The monoisotopic (exact) mass is 489 g/mol. The Kier molecular flexibility index (Phi) is 7.03. The lowest BCUT2D eigenvalue weighted by Gasteiger charge is -2.26. The number of carbonyl (C=O) groups is 1. The molecule has 33 heavy (non-hydrogen) atoms. The van der Waals surface area contributed by atoms with E-state index in [1.54, 1.807) is 18.2 Å². The van der Waals surface area contributed by atoms with Gasteiger partial charge in [0.25, 0.3) is 0 Å². The van der Waals surface area contributed by atoms with Crippen LogP contribution in [0.1, 0.15) is 34.5 Å². The van der Waals surface area contributed by atoms with Crippen LogP contribution in [0, 0.1) is 13.8 Å². The molecule has 176 valence electrons. The average Bonchev–Trinajstić information content (AvgIpc) is 3.41. The molecule has 0 atom stereocenters. The molecule has 1 aliphatic rings. The second-order valence-electron chi connectivity index (χ2n) is 7.76. The van der Waals surface area contributed by atoms with Crippen LogP contribution in [0.25, 0.3) is 5.69 Å². The molecule has 1 fully saturated rings. The molecule has 0 bridgehead atoms. The van der Waals surface area contributed by atoms with Crippen LogP contribution in [-0.2, 0) is 21.2 Å². The number of nitrogens with one attached hydrogen (secondary N) is 1. The number of Topliss-reactive ketones (excluding diaryl/α,β-unsaturated/α-hetero) is 1. The van der Waals surface area contributed by atoms with Gasteiger partial charge >= 0.3 is 0 Å². The highest BCUT2D eigenvalue weighted by molar-refractivity contribution is 7.99. The molecule has 0 amide bonds. The molecule has 9 nitrogen and oxygen atoms in total. The number of ether oxygens (including phenoxy) is 1. The normalized spacial score (nSPS) is 15.1. The number of ketones is 1. The van der Waals surface area contributed by atoms with Crippen LogP contribution in [0.2, 0.25) is 0 Å². The minimum Gasteiger partial charge on any atom is -0.379 e. The van der Waals surface area contributed by atoms with Crippen molar-refractivity contribution in [1.82, 2.24) is 24.1 Å². The van der Waals surface area contributed by atoms with E-state index < -0.39 is 10.0 Å². The van der Waals surface area contributed by atoms with Crippen molar-refractivity contribution in [2.75, 3.05) is 32.1 Å². The lowest BCUT2D eigenvalue weighted by molar-refractivity contribution is 0.0730. The largest absolute Gasteiger partial charge is 0.379 e. The zero-order chi connectivity index (χ0) is 23.6. The summed E-state index contributed by atoms with van der Waals surface area (Å²) in [4.78, 5) is 17.5. The maximum atomic E-state index is 13.1. The SMILES string of the molecule is CCc1nc(SCC(=O)c2cc(C)n(-c3cccc(S(=O)(=O)N4CCOCC4)c3)c2C)n[nH]1. The highest BCUT2D eigenvalue weighted by Crippen LogP contribution is 2.26. The van der Waals surface area contributed by atoms with Crippen LogP contribution in [0.4, 0.5) is 0 Å². The number of morpholine rings is 1. The molecule has 2 aromatic heterocycles. The molecule has 1 N–H and O–H groups in total. The number of hydrogen-bond donors (Lipinski definition) is 1. The first kappa shape index (κ1) is 23.7. The van der Waals surface area contributed by atoms with E-state index >= 15 is 0 Å². The summed E-state index contributed by atoms with van der Waals surface area (Å²) in [7, 11) is -3.61. The van der Waals surface area contributed by atoms with Gasteiger partial charge in [0, 0.05) is 42.1 Å². The first-order valence-corrected chi connectivity index (χ1v) is 13.2. The minimum atomic E-state index is -3.61. The Labute approximate surface area is 197 Å². The molecule has 0 unspecified atom stereocenters. The number of hydrogen-bond acceptors (Lipinski definition) is 7. The van der Waals surface area contributed by atoms with Crippen molar-refractivity contribution in [3.63, 3.8) is 0 Å². The zero-order valence-corrected chi connectivity index (χ0v) is 20.5. The summed E-state index contributed by atoms with van der Waals surface area (Å²) < 4.78 is 34.8. The third kappa shape index (κ3) is 4.91. The minimum absolute atomic E-state index is 0.0284. The summed E-state index contributed by atoms with van der Waals surface area (Å²) in [5.74, 6) is 0.978. The number of thioether (sulfide) groups is 1. The van der Waals surface area contributed by atoms with Gasteiger partial charge in [-0.3, -0.25) is 9.89 Å². The maximum absolute atomic E-state index is 13.1. The molecule has 0 radical (unpaired) electrons. The molecule has 0 saturated carbocycles. The van der Waals surface area contributed by atoms with Gasteiger partial charge in [-0.05, 0) is 38.1 Å². The maximum Gasteiger partial charge on any atom is 0.243 e. The average molecular weight is 490 g/mol. The number of carbonyl (C=O) groups excluding carboxylic acids is 1. The summed E-state index contributed by atoms with van der Waals surface area (Å²) in [6.45, 7) is 7.23. The smallest absolute Gasteiger partial charge is 0.243 e. The highest BCUT2D eigenvalue weighted by Gasteiger charge is 2.27. The van der Waals surface area contributed by atoms with Crippen molar-refractivity contribution in [2.45, 2.75) is 37.2 Å². The van der Waals surface area contributed by atoms with Gasteiger partial charge in [-0.2, -0.15) is 4.31 Å². The van der Waals surface area contributed by atoms with Gasteiger partial charge in [0.05, 0.1) is 23.9 Å². The Morgan fingerprint density at radius 2 is 1.97 bits per heavy atom. The van der Waals surface area contributed by atoms with E-state index in [-0.39, 0.29) is 16.4 Å². The van der Waals surface area contributed by atoms with E-state index in [0.29, 0.717) is 42.7 Å². The van der Waals surface area contributed by atoms with Crippen molar-refractivity contribution in [3.8, 4) is 5.69 Å². The summed E-state index contributed by atoms with van der Waals surface area (Å²) in [6, 6.07) is 8.69. The van der Waals surface area contributed by atoms with E-state index in [0.717, 1.165) is 23.6 Å². The predicted octanol–water partition coefficient (Wildman–Crippen LogP) is 2.77. The van der Waals surface area contributed by atoms with Crippen molar-refractivity contribution in [3.05, 3.63) is 53.1 Å². The van der Waals surface area contributed by atoms with Gasteiger partial charge in [-0.15, -0.1) is 5.10 Å². The first-order chi connectivity index (χ1) is 15.8. The number of sulfonamides is 1. The number of aromatic nitrogens is 4. The van der Waals surface area contributed by atoms with E-state index in [1.807, 2.05) is 37.5 Å². The number of aryl methyl sites for hydroxylation is 2. The van der Waals surface area contributed by atoms with Crippen molar-refractivity contribution >= 4 is 27.6 Å². The molecule has 1 aromatic carbocycles. The van der Waals surface area contributed by atoms with Crippen LogP contribution in [0.3, 0.4) is 0 Å². The number of nitrogens with zero attached hydrogens (tertiary/aromatic N) is 4. The van der Waals surface area contributed by atoms with E-state index in [1.165, 1.54) is 16.1 Å². The molecule has 0 aliphatic carbocycles. The third-order valence-corrected chi connectivity index (χ3v) is 8.34. The van der Waals surface area contributed by atoms with Crippen molar-refractivity contribution in [1.29, 1.82) is 0 Å². The Hall–Kier alpha value is -2.47. The second-order valence-corrected chi connectivity index (χ2v) is 10.6. The van der Waals surface area contributed by atoms with E-state index in [9.17, 15) is 13.2 Å². The summed E-state index contributed by atoms with van der Waals surface area (Å²) in [5, 5.41) is 7.52. The predicted molar refractivity (Wildman–Crippen MR) is 126 cm³/mol. The zero-order valence-electron chi connectivity index (χ0n) is 18.9. The Balaban J connectivity index is 1.57. The number of benzene rings is 1. The molecule has 0 spiro atoms. The molecule has 4 rings (SSSR count). The van der Waals surface area contributed by atoms with Gasteiger partial charge < -0.3 is 9.30 Å². The summed E-state index contributed by atoms with van der Waals surface area (Å²) in [6.07, 6.45) is 0.753. The van der Waals surface area contributed by atoms with Crippen LogP contribution in [0.5, 0.6) is 0 Å². The first-order valence-electron chi connectivity index (χ1n) is 10.8. The Morgan fingerprint density at radius 3 is 2.67 bits per heavy atom. The number of aromatic amines is 1. The molecule has 11 heteroatoms. The summed E-state index contributed by atoms with van der Waals surface area (Å²) >= 11 is 1.29. The molecular weight excluding hydrogens is 462 g/mol. The topological polar surface area (TPSA) is 110 Å². The van der Waals surface area contributed by atoms with Gasteiger partial charge in [0.1, 0.15) is 5.82 Å². The van der Waals surface area contributed by atoms with Gasteiger partial charge in [-0.25, -0.2) is 13.4 Å². The molecule has 1 aliphatic heterocycles. The fourth-order valence-corrected chi connectivity index (χ4v) is 6.02. The second kappa shape index (κ2) is 9.80. The van der Waals surface area contributed by atoms with Gasteiger partial charge in [0.15, 0.2) is 5.78 Å². The molecule has 1 saturated heterocycles. The van der Waals surface area contributed by atoms with Crippen LogP contribution < -0.4 is 0 Å². The molecule has 3 heterocycles. The number of H-pyrrole nitrogens is 1. The Bertz CT molecular complexity index is 1260. The highest BCUT2D eigenvalue weighted by atomic mass is 32.2. The van der Waals surface area contributed by atoms with Crippen molar-refractivity contribution in [2.24, 2.45) is 0 Å². The standard InChI is InChI=1S/C22H27N5O4S2/c1-4-21-23-22(25-24-21)32-14-20(28)19-12-15(2)27(16(19)3)17-6-5-7-18(13-17)33(29,30)26-8-10-31-11-9-26/h5-7,12-13H,4,8-11,14H2,1-3H3,(H,23,24,25). The van der Waals surface area contributed by atoms with Crippen LogP contribution >= 0.6 is 11.8 Å². The fraction of sp³-hybridized carbons (Fsp3) is 0.409. The lowest BCUT2D eigenvalue weighted by Crippen LogP contribution is -2.40. The fourth-order valence-electron chi connectivity index (χ4n) is 3.87. The Morgan fingerprint density at radius 1 is 1.21 bits per heavy atom. The van der Waals surface area contributed by atoms with E-state index in [2.05, 4.69) is 15.2 Å². The van der Waals surface area contributed by atoms with Crippen LogP contribution in [-0.4, -0.2) is 70.3 Å². The summed E-state index contributed by atoms with van der Waals surface area (Å²) in [5.41, 5.74) is 2.93. The molecule has 3 aromatic rings. The third-order valence-electron chi connectivity index (χ3n) is 5.59. The molecular formula is C22H27N5O4S2.